The third-order valence-electron chi connectivity index (χ3n) is 3.11. The second-order valence-electron chi connectivity index (χ2n) is 4.99. The minimum Gasteiger partial charge on any atom is -0.360 e. The van der Waals surface area contributed by atoms with Crippen molar-refractivity contribution in [1.29, 1.82) is 0 Å². The Hall–Kier alpha value is -2.04. The summed E-state index contributed by atoms with van der Waals surface area (Å²) >= 11 is 0. The third kappa shape index (κ3) is 17.4. The van der Waals surface area contributed by atoms with Gasteiger partial charge in [0.25, 0.3) is 0 Å². The van der Waals surface area contributed by atoms with E-state index >= 15 is 0 Å². The van der Waals surface area contributed by atoms with Crippen LogP contribution in [0.4, 0.5) is 0 Å². The van der Waals surface area contributed by atoms with Crippen molar-refractivity contribution in [2.45, 2.75) is 65.5 Å². The molecule has 1 fully saturated rings. The zero-order valence-corrected chi connectivity index (χ0v) is 18.0. The fourth-order valence-corrected chi connectivity index (χ4v) is 1.96. The molecule has 2 unspecified atom stereocenters. The van der Waals surface area contributed by atoms with Gasteiger partial charge in [-0.2, -0.15) is 0 Å². The number of likely N-dealkylation sites (N-methyl/N-ethyl adjacent to an activating group) is 1. The van der Waals surface area contributed by atoms with Crippen LogP contribution >= 0.6 is 0 Å². The normalized spacial score (nSPS) is 20.1. The van der Waals surface area contributed by atoms with Gasteiger partial charge >= 0.3 is 0 Å². The second kappa shape index (κ2) is 23.0. The smallest absolute Gasteiger partial charge is 0.246 e. The number of amides is 3. The lowest BCUT2D eigenvalue weighted by atomic mass is 10.1. The average molecular weight is 407 g/mol. The van der Waals surface area contributed by atoms with E-state index in [0.29, 0.717) is 32.1 Å². The lowest BCUT2D eigenvalue weighted by Gasteiger charge is -2.18. The number of hydrogen-bond acceptors (Lipinski definition) is 7. The molecule has 5 N–H and O–H groups in total. The summed E-state index contributed by atoms with van der Waals surface area (Å²) in [6.07, 6.45) is 1.09. The highest BCUT2D eigenvalue weighted by molar-refractivity contribution is 5.88. The summed E-state index contributed by atoms with van der Waals surface area (Å²) in [6, 6.07) is -0.647. The first-order valence-corrected chi connectivity index (χ1v) is 9.63. The molecule has 1 rings (SSSR count). The van der Waals surface area contributed by atoms with Crippen molar-refractivity contribution >= 4 is 24.0 Å². The molecule has 0 bridgehead atoms. The van der Waals surface area contributed by atoms with Gasteiger partial charge < -0.3 is 30.7 Å². The standard InChI is InChI=1S/C13H21N3O5.2C2H6.CH5NO/c1-14-13(20)10-4-2-3-5-15-12(19)8-21-9(7-17)6-11(18)16-10;2*1-2;1-2-3/h7,9-10H,2-6,8H2,1H3,(H,14,20)(H,15,19)(H,16,18);2*1-2H3;2-3H,1H3. The van der Waals surface area contributed by atoms with Crippen LogP contribution in [0.15, 0.2) is 0 Å². The van der Waals surface area contributed by atoms with E-state index in [-0.39, 0.29) is 24.8 Å². The first-order valence-electron chi connectivity index (χ1n) is 9.63. The van der Waals surface area contributed by atoms with E-state index in [9.17, 15) is 19.2 Å². The number of carbonyl (C=O) groups is 4. The molecule has 2 atom stereocenters. The maximum atomic E-state index is 11.8. The van der Waals surface area contributed by atoms with E-state index in [1.165, 1.54) is 14.1 Å². The van der Waals surface area contributed by atoms with Gasteiger partial charge in [-0.15, -0.1) is 0 Å². The monoisotopic (exact) mass is 406 g/mol. The van der Waals surface area contributed by atoms with E-state index in [4.69, 9.17) is 9.94 Å². The molecule has 0 aromatic heterocycles. The summed E-state index contributed by atoms with van der Waals surface area (Å²) < 4.78 is 5.07. The number of rotatable bonds is 2. The van der Waals surface area contributed by atoms with Gasteiger partial charge in [-0.1, -0.05) is 27.7 Å². The van der Waals surface area contributed by atoms with Crippen molar-refractivity contribution in [3.63, 3.8) is 0 Å². The predicted octanol–water partition coefficient (Wildman–Crippen LogP) is 0.139. The minimum atomic E-state index is -0.998. The Kier molecular flexibility index (Phi) is 25.2. The number of carbonyl (C=O) groups excluding carboxylic acids is 4. The Morgan fingerprint density at radius 2 is 1.71 bits per heavy atom. The van der Waals surface area contributed by atoms with Crippen LogP contribution < -0.4 is 21.4 Å². The Morgan fingerprint density at radius 1 is 1.14 bits per heavy atom. The molecule has 1 heterocycles. The highest BCUT2D eigenvalue weighted by atomic mass is 16.5. The molecule has 28 heavy (non-hydrogen) atoms. The van der Waals surface area contributed by atoms with Gasteiger partial charge in [0, 0.05) is 20.6 Å². The number of aldehydes is 1. The second-order valence-corrected chi connectivity index (χ2v) is 4.99. The van der Waals surface area contributed by atoms with Crippen LogP contribution in [0.25, 0.3) is 0 Å². The lowest BCUT2D eigenvalue weighted by Crippen LogP contribution is -2.46. The summed E-state index contributed by atoms with van der Waals surface area (Å²) in [5.41, 5.74) is 1.75. The van der Waals surface area contributed by atoms with E-state index in [1.54, 1.807) is 5.48 Å². The SMILES string of the molecule is CC.CC.CNC(=O)C1CCCCNC(=O)COC(C=O)CC(=O)N1.CNO. The molecular weight excluding hydrogens is 368 g/mol. The summed E-state index contributed by atoms with van der Waals surface area (Å²) in [5.74, 6) is -1.07. The van der Waals surface area contributed by atoms with Gasteiger partial charge in [-0.3, -0.25) is 14.4 Å². The van der Waals surface area contributed by atoms with Gasteiger partial charge in [0.1, 0.15) is 25.0 Å². The fourth-order valence-electron chi connectivity index (χ4n) is 1.96. The summed E-state index contributed by atoms with van der Waals surface area (Å²) in [7, 11) is 2.92. The molecule has 3 amide bonds. The zero-order valence-electron chi connectivity index (χ0n) is 18.0. The first-order chi connectivity index (χ1) is 13.5. The molecule has 1 aliphatic heterocycles. The first kappa shape index (κ1) is 30.7. The van der Waals surface area contributed by atoms with Crippen LogP contribution in [-0.2, 0) is 23.9 Å². The number of hydrogen-bond donors (Lipinski definition) is 5. The van der Waals surface area contributed by atoms with E-state index in [0.717, 1.165) is 0 Å². The Bertz CT molecular complexity index is 421. The van der Waals surface area contributed by atoms with Gasteiger partial charge in [0.2, 0.25) is 17.7 Å². The minimum absolute atomic E-state index is 0.218. The Labute approximate surface area is 168 Å². The fraction of sp³-hybridized carbons (Fsp3) is 0.778. The van der Waals surface area contributed by atoms with Crippen molar-refractivity contribution in [1.82, 2.24) is 21.4 Å². The van der Waals surface area contributed by atoms with Crippen LogP contribution in [0, 0.1) is 0 Å². The van der Waals surface area contributed by atoms with Crippen molar-refractivity contribution in [2.24, 2.45) is 0 Å². The van der Waals surface area contributed by atoms with E-state index in [1.807, 2.05) is 27.7 Å². The number of hydroxylamine groups is 1. The van der Waals surface area contributed by atoms with E-state index < -0.39 is 18.1 Å². The molecule has 0 saturated carbocycles. The largest absolute Gasteiger partial charge is 0.360 e. The predicted molar refractivity (Wildman–Crippen MR) is 107 cm³/mol. The van der Waals surface area contributed by atoms with Gasteiger partial charge in [0.15, 0.2) is 0 Å². The summed E-state index contributed by atoms with van der Waals surface area (Å²) in [4.78, 5) is 45.8. The van der Waals surface area contributed by atoms with Crippen LogP contribution in [-0.4, -0.2) is 68.6 Å². The zero-order chi connectivity index (χ0) is 22.4. The molecule has 0 spiro atoms. The van der Waals surface area contributed by atoms with Crippen LogP contribution in [0.3, 0.4) is 0 Å². The number of ether oxygens (including phenoxy) is 1. The highest BCUT2D eigenvalue weighted by Gasteiger charge is 2.22. The molecule has 10 nitrogen and oxygen atoms in total. The topological polar surface area (TPSA) is 146 Å². The molecule has 0 aliphatic carbocycles. The van der Waals surface area contributed by atoms with Crippen molar-refractivity contribution in [2.75, 3.05) is 27.2 Å². The Balaban J connectivity index is -0.000000789. The van der Waals surface area contributed by atoms with Crippen LogP contribution in [0.5, 0.6) is 0 Å². The van der Waals surface area contributed by atoms with Crippen LogP contribution in [0.1, 0.15) is 53.4 Å². The molecule has 0 aromatic rings. The molecule has 0 aromatic carbocycles. The average Bonchev–Trinajstić information content (AvgIpc) is 2.73. The summed E-state index contributed by atoms with van der Waals surface area (Å²) in [6.45, 7) is 8.19. The van der Waals surface area contributed by atoms with Gasteiger partial charge in [-0.25, -0.2) is 5.48 Å². The molecule has 1 aliphatic rings. The third-order valence-corrected chi connectivity index (χ3v) is 3.11. The molecule has 1 saturated heterocycles. The van der Waals surface area contributed by atoms with Crippen molar-refractivity contribution in [3.8, 4) is 0 Å². The number of nitrogens with one attached hydrogen (secondary N) is 4. The maximum absolute atomic E-state index is 11.8. The lowest BCUT2D eigenvalue weighted by molar-refractivity contribution is -0.136. The Morgan fingerprint density at radius 3 is 2.21 bits per heavy atom. The van der Waals surface area contributed by atoms with Crippen molar-refractivity contribution < 1.29 is 29.1 Å². The van der Waals surface area contributed by atoms with Crippen LogP contribution in [0.2, 0.25) is 0 Å². The molecular formula is C18H38N4O6. The van der Waals surface area contributed by atoms with E-state index in [2.05, 4.69) is 16.0 Å². The molecule has 166 valence electrons. The molecule has 10 heteroatoms. The molecule has 0 radical (unpaired) electrons. The summed E-state index contributed by atoms with van der Waals surface area (Å²) in [5, 5.41) is 15.0. The highest BCUT2D eigenvalue weighted by Crippen LogP contribution is 2.04. The van der Waals surface area contributed by atoms with Crippen molar-refractivity contribution in [3.05, 3.63) is 0 Å². The maximum Gasteiger partial charge on any atom is 0.246 e. The van der Waals surface area contributed by atoms with Gasteiger partial charge in [-0.05, 0) is 19.3 Å². The van der Waals surface area contributed by atoms with Gasteiger partial charge in [0.05, 0.1) is 6.42 Å². The quantitative estimate of drug-likeness (QED) is 0.324.